The largest absolute Gasteiger partial charge is 0.491 e. The molecule has 2 N–H and O–H groups in total. The summed E-state index contributed by atoms with van der Waals surface area (Å²) in [4.78, 5) is 0. The molecule has 17 heavy (non-hydrogen) atoms. The normalized spacial score (nSPS) is 17.1. The Balaban J connectivity index is 1.96. The van der Waals surface area contributed by atoms with Crippen molar-refractivity contribution in [3.8, 4) is 5.75 Å². The second-order valence-electron chi connectivity index (χ2n) is 4.62. The Hall–Kier alpha value is -0.770. The van der Waals surface area contributed by atoms with Gasteiger partial charge in [0.1, 0.15) is 11.6 Å². The topological polar surface area (TPSA) is 35.2 Å². The first-order chi connectivity index (χ1) is 8.16. The van der Waals surface area contributed by atoms with Crippen LogP contribution in [0.2, 0.25) is 0 Å². The summed E-state index contributed by atoms with van der Waals surface area (Å²) < 4.78 is 19.3. The summed E-state index contributed by atoms with van der Waals surface area (Å²) in [5, 5.41) is 0. The third-order valence-electron chi connectivity index (χ3n) is 3.25. The highest BCUT2D eigenvalue weighted by Crippen LogP contribution is 2.30. The lowest BCUT2D eigenvalue weighted by Crippen LogP contribution is -2.15. The molecule has 1 aromatic rings. The molecule has 2 rings (SSSR count). The Bertz CT molecular complexity index is 391. The van der Waals surface area contributed by atoms with Crippen LogP contribution in [0.5, 0.6) is 5.75 Å². The number of hydrogen-bond donors (Lipinski definition) is 1. The number of benzene rings is 1. The van der Waals surface area contributed by atoms with Crippen LogP contribution in [0.4, 0.5) is 10.1 Å². The number of nitrogen functional groups attached to an aromatic ring is 1. The number of halogens is 2. The predicted octanol–water partition coefficient (Wildman–Crippen LogP) is 4.13. The standard InChI is InChI=1S/C13H17BrFNO/c14-10-6-12(16)13(7-11(10)15)17-8-9-4-2-1-3-5-9/h6-7,9H,1-5,8,16H2. The number of hydrogen-bond acceptors (Lipinski definition) is 2. The van der Waals surface area contributed by atoms with E-state index in [1.165, 1.54) is 38.2 Å². The summed E-state index contributed by atoms with van der Waals surface area (Å²) in [6.45, 7) is 0.644. The van der Waals surface area contributed by atoms with Gasteiger partial charge in [-0.1, -0.05) is 19.3 Å². The zero-order chi connectivity index (χ0) is 12.3. The molecular weight excluding hydrogens is 285 g/mol. The third-order valence-corrected chi connectivity index (χ3v) is 3.86. The molecule has 0 aromatic heterocycles. The van der Waals surface area contributed by atoms with Gasteiger partial charge in [0.15, 0.2) is 0 Å². The van der Waals surface area contributed by atoms with Crippen molar-refractivity contribution >= 4 is 21.6 Å². The number of ether oxygens (including phenoxy) is 1. The van der Waals surface area contributed by atoms with E-state index in [4.69, 9.17) is 10.5 Å². The van der Waals surface area contributed by atoms with Crippen molar-refractivity contribution in [2.24, 2.45) is 5.92 Å². The van der Waals surface area contributed by atoms with E-state index in [0.29, 0.717) is 28.4 Å². The number of anilines is 1. The van der Waals surface area contributed by atoms with Crippen LogP contribution in [0.25, 0.3) is 0 Å². The van der Waals surface area contributed by atoms with Gasteiger partial charge in [0.2, 0.25) is 0 Å². The van der Waals surface area contributed by atoms with Gasteiger partial charge in [-0.15, -0.1) is 0 Å². The van der Waals surface area contributed by atoms with Crippen LogP contribution < -0.4 is 10.5 Å². The summed E-state index contributed by atoms with van der Waals surface area (Å²) in [5.74, 6) is 0.712. The summed E-state index contributed by atoms with van der Waals surface area (Å²) in [6, 6.07) is 2.90. The first-order valence-corrected chi connectivity index (χ1v) is 6.83. The van der Waals surface area contributed by atoms with Crippen LogP contribution in [0.3, 0.4) is 0 Å². The monoisotopic (exact) mass is 301 g/mol. The van der Waals surface area contributed by atoms with E-state index in [1.54, 1.807) is 6.07 Å². The van der Waals surface area contributed by atoms with E-state index in [-0.39, 0.29) is 5.82 Å². The van der Waals surface area contributed by atoms with Crippen molar-refractivity contribution in [2.75, 3.05) is 12.3 Å². The molecule has 0 atom stereocenters. The van der Waals surface area contributed by atoms with Crippen LogP contribution in [0.1, 0.15) is 32.1 Å². The third kappa shape index (κ3) is 3.35. The van der Waals surface area contributed by atoms with Gasteiger partial charge in [0.25, 0.3) is 0 Å². The van der Waals surface area contributed by atoms with E-state index < -0.39 is 0 Å². The molecule has 0 heterocycles. The van der Waals surface area contributed by atoms with Crippen molar-refractivity contribution in [1.82, 2.24) is 0 Å². The van der Waals surface area contributed by atoms with Crippen LogP contribution in [-0.2, 0) is 0 Å². The van der Waals surface area contributed by atoms with Crippen LogP contribution in [0.15, 0.2) is 16.6 Å². The molecule has 1 saturated carbocycles. The maximum absolute atomic E-state index is 13.3. The van der Waals surface area contributed by atoms with Crippen molar-refractivity contribution in [3.63, 3.8) is 0 Å². The smallest absolute Gasteiger partial charge is 0.145 e. The Morgan fingerprint density at radius 1 is 1.29 bits per heavy atom. The lowest BCUT2D eigenvalue weighted by Gasteiger charge is -2.22. The summed E-state index contributed by atoms with van der Waals surface area (Å²) in [6.07, 6.45) is 6.29. The number of rotatable bonds is 3. The van der Waals surface area contributed by atoms with Gasteiger partial charge in [0, 0.05) is 6.07 Å². The summed E-state index contributed by atoms with van der Waals surface area (Å²) in [5.41, 5.74) is 6.26. The molecular formula is C13H17BrFNO. The fourth-order valence-electron chi connectivity index (χ4n) is 2.23. The van der Waals surface area contributed by atoms with Crippen molar-refractivity contribution < 1.29 is 9.13 Å². The first-order valence-electron chi connectivity index (χ1n) is 6.04. The van der Waals surface area contributed by atoms with Gasteiger partial charge in [-0.3, -0.25) is 0 Å². The molecule has 1 aliphatic carbocycles. The molecule has 0 spiro atoms. The molecule has 0 radical (unpaired) electrons. The number of nitrogens with two attached hydrogens (primary N) is 1. The Labute approximate surface area is 109 Å². The van der Waals surface area contributed by atoms with Gasteiger partial charge in [-0.2, -0.15) is 0 Å². The van der Waals surface area contributed by atoms with E-state index in [0.717, 1.165) is 0 Å². The van der Waals surface area contributed by atoms with Gasteiger partial charge in [-0.05, 0) is 40.8 Å². The maximum atomic E-state index is 13.3. The van der Waals surface area contributed by atoms with E-state index in [1.807, 2.05) is 0 Å². The second-order valence-corrected chi connectivity index (χ2v) is 5.47. The lowest BCUT2D eigenvalue weighted by molar-refractivity contribution is 0.209. The molecule has 4 heteroatoms. The molecule has 0 aliphatic heterocycles. The average molecular weight is 302 g/mol. The van der Waals surface area contributed by atoms with Crippen molar-refractivity contribution in [2.45, 2.75) is 32.1 Å². The summed E-state index contributed by atoms with van der Waals surface area (Å²) >= 11 is 3.10. The quantitative estimate of drug-likeness (QED) is 0.852. The lowest BCUT2D eigenvalue weighted by atomic mass is 9.90. The zero-order valence-electron chi connectivity index (χ0n) is 9.72. The summed E-state index contributed by atoms with van der Waals surface area (Å²) in [7, 11) is 0. The molecule has 0 bridgehead atoms. The predicted molar refractivity (Wildman–Crippen MR) is 70.6 cm³/mol. The highest BCUT2D eigenvalue weighted by Gasteiger charge is 2.15. The Morgan fingerprint density at radius 3 is 2.71 bits per heavy atom. The molecule has 1 fully saturated rings. The Morgan fingerprint density at radius 2 is 2.00 bits per heavy atom. The van der Waals surface area contributed by atoms with Crippen LogP contribution >= 0.6 is 15.9 Å². The van der Waals surface area contributed by atoms with Gasteiger partial charge in [-0.25, -0.2) is 4.39 Å². The molecule has 0 saturated heterocycles. The van der Waals surface area contributed by atoms with Crippen molar-refractivity contribution in [3.05, 3.63) is 22.4 Å². The zero-order valence-corrected chi connectivity index (χ0v) is 11.3. The highest BCUT2D eigenvalue weighted by molar-refractivity contribution is 9.10. The fourth-order valence-corrected chi connectivity index (χ4v) is 2.59. The molecule has 0 amide bonds. The van der Waals surface area contributed by atoms with Gasteiger partial charge >= 0.3 is 0 Å². The first kappa shape index (κ1) is 12.7. The molecule has 0 unspecified atom stereocenters. The van der Waals surface area contributed by atoms with Crippen LogP contribution in [0, 0.1) is 11.7 Å². The van der Waals surface area contributed by atoms with E-state index in [2.05, 4.69) is 15.9 Å². The molecule has 94 valence electrons. The fraction of sp³-hybridized carbons (Fsp3) is 0.538. The minimum Gasteiger partial charge on any atom is -0.491 e. The molecule has 1 aliphatic rings. The molecule has 2 nitrogen and oxygen atoms in total. The molecule has 1 aromatic carbocycles. The Kier molecular flexibility index (Phi) is 4.26. The maximum Gasteiger partial charge on any atom is 0.145 e. The minimum absolute atomic E-state index is 0.335. The van der Waals surface area contributed by atoms with Gasteiger partial charge in [0.05, 0.1) is 16.8 Å². The van der Waals surface area contributed by atoms with E-state index in [9.17, 15) is 4.39 Å². The second kappa shape index (κ2) is 5.71. The van der Waals surface area contributed by atoms with Crippen molar-refractivity contribution in [1.29, 1.82) is 0 Å². The van der Waals surface area contributed by atoms with Gasteiger partial charge < -0.3 is 10.5 Å². The van der Waals surface area contributed by atoms with E-state index >= 15 is 0 Å². The highest BCUT2D eigenvalue weighted by atomic mass is 79.9. The van der Waals surface area contributed by atoms with Crippen LogP contribution in [-0.4, -0.2) is 6.61 Å². The average Bonchev–Trinajstić information content (AvgIpc) is 2.33. The SMILES string of the molecule is Nc1cc(Br)c(F)cc1OCC1CCCCC1. The minimum atomic E-state index is -0.335.